The molecule has 2 rings (SSSR count). The second-order valence-corrected chi connectivity index (χ2v) is 7.03. The van der Waals surface area contributed by atoms with Gasteiger partial charge in [0.25, 0.3) is 5.91 Å². The van der Waals surface area contributed by atoms with Crippen LogP contribution in [0.4, 0.5) is 5.69 Å². The fourth-order valence-electron chi connectivity index (χ4n) is 2.14. The highest BCUT2D eigenvalue weighted by Crippen LogP contribution is 2.23. The van der Waals surface area contributed by atoms with E-state index in [1.165, 1.54) is 16.7 Å². The Morgan fingerprint density at radius 1 is 1.04 bits per heavy atom. The molecule has 0 saturated heterocycles. The zero-order chi connectivity index (χ0) is 19.8. The van der Waals surface area contributed by atoms with Gasteiger partial charge < -0.3 is 15.0 Å². The largest absolute Gasteiger partial charge is 0.452 e. The van der Waals surface area contributed by atoms with E-state index in [1.54, 1.807) is 44.4 Å². The maximum atomic E-state index is 12.4. The summed E-state index contributed by atoms with van der Waals surface area (Å²) < 4.78 is 5.14. The molecule has 1 N–H and O–H groups in total. The minimum absolute atomic E-state index is 0.0548. The molecule has 0 aliphatic carbocycles. The average Bonchev–Trinajstić information content (AvgIpc) is 2.66. The number of nitrogens with zero attached hydrogens (tertiary/aromatic N) is 1. The predicted molar refractivity (Wildman–Crippen MR) is 106 cm³/mol. The quantitative estimate of drug-likeness (QED) is 0.585. The van der Waals surface area contributed by atoms with Crippen LogP contribution in [-0.4, -0.2) is 49.1 Å². The van der Waals surface area contributed by atoms with E-state index in [9.17, 15) is 14.4 Å². The summed E-state index contributed by atoms with van der Waals surface area (Å²) >= 11 is 1.26. The third-order valence-electron chi connectivity index (χ3n) is 3.71. The fourth-order valence-corrected chi connectivity index (χ4v) is 3.16. The van der Waals surface area contributed by atoms with E-state index in [-0.39, 0.29) is 18.3 Å². The number of amides is 2. The summed E-state index contributed by atoms with van der Waals surface area (Å²) in [7, 11) is 3.35. The van der Waals surface area contributed by atoms with Gasteiger partial charge in [-0.2, -0.15) is 0 Å². The first-order valence-corrected chi connectivity index (χ1v) is 9.31. The van der Waals surface area contributed by atoms with Crippen LogP contribution in [0.15, 0.2) is 53.4 Å². The third kappa shape index (κ3) is 6.14. The molecule has 0 heterocycles. The van der Waals surface area contributed by atoms with Gasteiger partial charge in [-0.25, -0.2) is 4.79 Å². The molecule has 0 saturated carbocycles. The normalized spacial score (nSPS) is 10.2. The summed E-state index contributed by atoms with van der Waals surface area (Å²) in [4.78, 5) is 38.3. The molecule has 2 aromatic carbocycles. The van der Waals surface area contributed by atoms with Gasteiger partial charge in [-0.3, -0.25) is 9.59 Å². The van der Waals surface area contributed by atoms with Crippen LogP contribution in [0.5, 0.6) is 0 Å². The predicted octanol–water partition coefficient (Wildman–Crippen LogP) is 2.97. The molecule has 0 aliphatic rings. The lowest BCUT2D eigenvalue weighted by atomic mass is 10.2. The molecule has 6 nitrogen and oxygen atoms in total. The van der Waals surface area contributed by atoms with E-state index in [0.29, 0.717) is 16.1 Å². The van der Waals surface area contributed by atoms with Crippen molar-refractivity contribution in [1.82, 2.24) is 4.90 Å². The second kappa shape index (κ2) is 9.78. The molecule has 0 atom stereocenters. The number of esters is 1. The van der Waals surface area contributed by atoms with E-state index in [1.807, 2.05) is 25.1 Å². The first kappa shape index (κ1) is 20.5. The Labute approximate surface area is 162 Å². The van der Waals surface area contributed by atoms with Gasteiger partial charge in [-0.1, -0.05) is 30.3 Å². The van der Waals surface area contributed by atoms with Gasteiger partial charge in [-0.05, 0) is 30.7 Å². The summed E-state index contributed by atoms with van der Waals surface area (Å²) in [5, 5.41) is 2.71. The van der Waals surface area contributed by atoms with Crippen LogP contribution in [0.1, 0.15) is 15.9 Å². The first-order chi connectivity index (χ1) is 12.9. The molecule has 0 unspecified atom stereocenters. The van der Waals surface area contributed by atoms with E-state index in [2.05, 4.69) is 5.32 Å². The highest BCUT2D eigenvalue weighted by molar-refractivity contribution is 8.00. The van der Waals surface area contributed by atoms with Crippen LogP contribution in [0.3, 0.4) is 0 Å². The van der Waals surface area contributed by atoms with Crippen LogP contribution in [0, 0.1) is 6.92 Å². The van der Waals surface area contributed by atoms with E-state index in [0.717, 1.165) is 5.56 Å². The van der Waals surface area contributed by atoms with Crippen molar-refractivity contribution in [3.05, 3.63) is 59.7 Å². The Kier molecular flexibility index (Phi) is 7.43. The van der Waals surface area contributed by atoms with E-state index < -0.39 is 11.9 Å². The molecule has 27 heavy (non-hydrogen) atoms. The van der Waals surface area contributed by atoms with Crippen molar-refractivity contribution in [2.75, 3.05) is 31.8 Å². The molecule has 142 valence electrons. The first-order valence-electron chi connectivity index (χ1n) is 8.33. The Balaban J connectivity index is 1.95. The van der Waals surface area contributed by atoms with Gasteiger partial charge >= 0.3 is 5.97 Å². The minimum atomic E-state index is -0.602. The molecular weight excluding hydrogens is 364 g/mol. The molecule has 0 spiro atoms. The number of nitrogens with one attached hydrogen (secondary N) is 1. The standard InChI is InChI=1S/C20H22N2O4S/c1-14-8-4-6-10-16(14)21-18(23)12-26-20(25)15-9-5-7-11-17(15)27-13-19(24)22(2)3/h4-11H,12-13H2,1-3H3,(H,21,23). The Bertz CT molecular complexity index is 836. The summed E-state index contributed by atoms with van der Waals surface area (Å²) in [6, 6.07) is 14.2. The van der Waals surface area contributed by atoms with Crippen molar-refractivity contribution in [3.63, 3.8) is 0 Å². The number of thioether (sulfide) groups is 1. The average molecular weight is 386 g/mol. The van der Waals surface area contributed by atoms with Crippen LogP contribution in [0.25, 0.3) is 0 Å². The number of para-hydroxylation sites is 1. The summed E-state index contributed by atoms with van der Waals surface area (Å²) in [6.07, 6.45) is 0. The highest BCUT2D eigenvalue weighted by atomic mass is 32.2. The van der Waals surface area contributed by atoms with Gasteiger partial charge in [-0.15, -0.1) is 11.8 Å². The van der Waals surface area contributed by atoms with Crippen LogP contribution >= 0.6 is 11.8 Å². The number of hydrogen-bond acceptors (Lipinski definition) is 5. The lowest BCUT2D eigenvalue weighted by Gasteiger charge is -2.12. The molecule has 2 aromatic rings. The maximum absolute atomic E-state index is 12.4. The number of aryl methyl sites for hydroxylation is 1. The monoisotopic (exact) mass is 386 g/mol. The molecule has 2 amide bonds. The Morgan fingerprint density at radius 3 is 2.41 bits per heavy atom. The van der Waals surface area contributed by atoms with Crippen molar-refractivity contribution in [2.45, 2.75) is 11.8 Å². The number of benzene rings is 2. The molecule has 0 aromatic heterocycles. The topological polar surface area (TPSA) is 75.7 Å². The number of carbonyl (C=O) groups excluding carboxylic acids is 3. The van der Waals surface area contributed by atoms with Crippen molar-refractivity contribution in [3.8, 4) is 0 Å². The zero-order valence-corrected chi connectivity index (χ0v) is 16.3. The summed E-state index contributed by atoms with van der Waals surface area (Å²) in [6.45, 7) is 1.49. The SMILES string of the molecule is Cc1ccccc1NC(=O)COC(=O)c1ccccc1SCC(=O)N(C)C. The van der Waals surface area contributed by atoms with Gasteiger partial charge in [0.2, 0.25) is 5.91 Å². The lowest BCUT2D eigenvalue weighted by molar-refractivity contribution is -0.125. The van der Waals surface area contributed by atoms with Crippen molar-refractivity contribution < 1.29 is 19.1 Å². The zero-order valence-electron chi connectivity index (χ0n) is 15.5. The van der Waals surface area contributed by atoms with Crippen LogP contribution in [0.2, 0.25) is 0 Å². The van der Waals surface area contributed by atoms with Gasteiger partial charge in [0.05, 0.1) is 11.3 Å². The number of anilines is 1. The Morgan fingerprint density at radius 2 is 1.70 bits per heavy atom. The third-order valence-corrected chi connectivity index (χ3v) is 4.77. The van der Waals surface area contributed by atoms with Crippen molar-refractivity contribution >= 4 is 35.2 Å². The highest BCUT2D eigenvalue weighted by Gasteiger charge is 2.16. The summed E-state index contributed by atoms with van der Waals surface area (Å²) in [5.41, 5.74) is 1.93. The van der Waals surface area contributed by atoms with Crippen LogP contribution < -0.4 is 5.32 Å². The molecule has 0 fully saturated rings. The van der Waals surface area contributed by atoms with Crippen LogP contribution in [-0.2, 0) is 14.3 Å². The van der Waals surface area contributed by atoms with E-state index in [4.69, 9.17) is 4.74 Å². The number of ether oxygens (including phenoxy) is 1. The number of rotatable bonds is 7. The molecule has 7 heteroatoms. The Hall–Kier alpha value is -2.80. The maximum Gasteiger partial charge on any atom is 0.339 e. The van der Waals surface area contributed by atoms with Crippen molar-refractivity contribution in [2.24, 2.45) is 0 Å². The minimum Gasteiger partial charge on any atom is -0.452 e. The van der Waals surface area contributed by atoms with Gasteiger partial charge in [0.1, 0.15) is 0 Å². The van der Waals surface area contributed by atoms with Gasteiger partial charge in [0, 0.05) is 24.7 Å². The fraction of sp³-hybridized carbons (Fsp3) is 0.250. The molecular formula is C20H22N2O4S. The molecule has 0 aliphatic heterocycles. The lowest BCUT2D eigenvalue weighted by Crippen LogP contribution is -2.23. The smallest absolute Gasteiger partial charge is 0.339 e. The van der Waals surface area contributed by atoms with E-state index >= 15 is 0 Å². The summed E-state index contributed by atoms with van der Waals surface area (Å²) in [5.74, 6) is -0.855. The number of carbonyl (C=O) groups is 3. The van der Waals surface area contributed by atoms with Gasteiger partial charge in [0.15, 0.2) is 6.61 Å². The van der Waals surface area contributed by atoms with Crippen molar-refractivity contribution in [1.29, 1.82) is 0 Å². The molecule has 0 bridgehead atoms. The molecule has 0 radical (unpaired) electrons. The second-order valence-electron chi connectivity index (χ2n) is 6.01. The number of hydrogen-bond donors (Lipinski definition) is 1.